The first-order valence-corrected chi connectivity index (χ1v) is 17.1. The summed E-state index contributed by atoms with van der Waals surface area (Å²) < 4.78 is 5.43. The largest absolute Gasteiger partial charge is 0.478 e. The number of ether oxygens (including phenoxy) is 1. The summed E-state index contributed by atoms with van der Waals surface area (Å²) in [6.07, 6.45) is 26.6. The van der Waals surface area contributed by atoms with Crippen molar-refractivity contribution in [3.63, 3.8) is 0 Å². The molecule has 0 spiro atoms. The molecule has 0 aliphatic carbocycles. The molecule has 8 heteroatoms. The predicted molar refractivity (Wildman–Crippen MR) is 170 cm³/mol. The quantitative estimate of drug-likeness (QED) is 0.0443. The fourth-order valence-electron chi connectivity index (χ4n) is 4.86. The zero-order valence-corrected chi connectivity index (χ0v) is 26.9. The van der Waals surface area contributed by atoms with Gasteiger partial charge in [0.15, 0.2) is 0 Å². The molecule has 8 nitrogen and oxygen atoms in total. The first kappa shape index (κ1) is 39.6. The summed E-state index contributed by atoms with van der Waals surface area (Å²) in [7, 11) is 0. The Bertz CT molecular complexity index is 725. The van der Waals surface area contributed by atoms with Crippen LogP contribution in [0.25, 0.3) is 0 Å². The van der Waals surface area contributed by atoms with E-state index >= 15 is 0 Å². The van der Waals surface area contributed by atoms with E-state index in [1.165, 1.54) is 89.9 Å². The van der Waals surface area contributed by atoms with Gasteiger partial charge in [-0.1, -0.05) is 123 Å². The standard InChI is InChI=1S/C34H62N2O6/c1-3-5-7-9-11-13-15-17-19-23-29-42-34(41)30(36-32(38)26-27-33(39)40)24-21-22-28-35-31(37)25-20-18-16-14-12-10-8-6-4-2/h26-27,30H,3-25,28-29H2,1-2H3,(H,35,37)(H,36,38)(H,39,40)/t30-/m0/s1. The molecule has 3 N–H and O–H groups in total. The number of nitrogens with one attached hydrogen (secondary N) is 2. The van der Waals surface area contributed by atoms with Gasteiger partial charge in [0.25, 0.3) is 0 Å². The van der Waals surface area contributed by atoms with Gasteiger partial charge in [-0.25, -0.2) is 9.59 Å². The first-order valence-electron chi connectivity index (χ1n) is 17.1. The van der Waals surface area contributed by atoms with E-state index in [-0.39, 0.29) is 5.91 Å². The van der Waals surface area contributed by atoms with E-state index in [1.54, 1.807) is 0 Å². The van der Waals surface area contributed by atoms with Crippen molar-refractivity contribution in [2.45, 2.75) is 168 Å². The van der Waals surface area contributed by atoms with E-state index in [0.717, 1.165) is 44.3 Å². The average Bonchev–Trinajstić information content (AvgIpc) is 2.97. The van der Waals surface area contributed by atoms with Crippen LogP contribution in [-0.2, 0) is 23.9 Å². The number of carbonyl (C=O) groups excluding carboxylic acids is 3. The van der Waals surface area contributed by atoms with Gasteiger partial charge in [-0.05, 0) is 32.1 Å². The molecule has 0 fully saturated rings. The summed E-state index contributed by atoms with van der Waals surface area (Å²) in [6.45, 7) is 5.27. The molecule has 0 aliphatic heterocycles. The zero-order chi connectivity index (χ0) is 31.1. The molecule has 1 atom stereocenters. The number of carbonyl (C=O) groups is 4. The number of amides is 2. The lowest BCUT2D eigenvalue weighted by molar-refractivity contribution is -0.147. The van der Waals surface area contributed by atoms with Crippen molar-refractivity contribution in [1.82, 2.24) is 10.6 Å². The molecule has 42 heavy (non-hydrogen) atoms. The number of carboxylic acids is 1. The van der Waals surface area contributed by atoms with E-state index in [0.29, 0.717) is 38.8 Å². The third-order valence-corrected chi connectivity index (χ3v) is 7.47. The van der Waals surface area contributed by atoms with Gasteiger partial charge in [0.1, 0.15) is 6.04 Å². The molecule has 0 saturated heterocycles. The van der Waals surface area contributed by atoms with E-state index in [9.17, 15) is 19.2 Å². The predicted octanol–water partition coefficient (Wildman–Crippen LogP) is 7.78. The van der Waals surface area contributed by atoms with Crippen molar-refractivity contribution in [2.24, 2.45) is 0 Å². The zero-order valence-electron chi connectivity index (χ0n) is 26.9. The Morgan fingerprint density at radius 3 is 1.67 bits per heavy atom. The van der Waals surface area contributed by atoms with Crippen LogP contribution in [0.5, 0.6) is 0 Å². The number of unbranched alkanes of at least 4 members (excludes halogenated alkanes) is 18. The second kappa shape index (κ2) is 30.1. The third-order valence-electron chi connectivity index (χ3n) is 7.47. The van der Waals surface area contributed by atoms with Crippen LogP contribution < -0.4 is 10.6 Å². The second-order valence-electron chi connectivity index (χ2n) is 11.5. The minimum absolute atomic E-state index is 0.0532. The molecule has 0 aromatic heterocycles. The van der Waals surface area contributed by atoms with Crippen molar-refractivity contribution in [3.05, 3.63) is 12.2 Å². The average molecular weight is 595 g/mol. The van der Waals surface area contributed by atoms with Crippen molar-refractivity contribution >= 4 is 23.8 Å². The van der Waals surface area contributed by atoms with E-state index in [2.05, 4.69) is 24.5 Å². The molecule has 0 rings (SSSR count). The molecule has 0 bridgehead atoms. The fraction of sp³-hybridized carbons (Fsp3) is 0.824. The minimum Gasteiger partial charge on any atom is -0.478 e. The normalized spacial score (nSPS) is 11.9. The maximum absolute atomic E-state index is 12.7. The molecule has 0 aromatic rings. The number of esters is 1. The second-order valence-corrected chi connectivity index (χ2v) is 11.5. The van der Waals surface area contributed by atoms with Crippen molar-refractivity contribution in [3.8, 4) is 0 Å². The highest BCUT2D eigenvalue weighted by Gasteiger charge is 2.21. The molecule has 0 unspecified atom stereocenters. The number of hydrogen-bond donors (Lipinski definition) is 3. The van der Waals surface area contributed by atoms with Crippen LogP contribution in [0.3, 0.4) is 0 Å². The summed E-state index contributed by atoms with van der Waals surface area (Å²) in [4.78, 5) is 47.6. The Kier molecular flexibility index (Phi) is 28.4. The molecular formula is C34H62N2O6. The number of aliphatic carboxylic acids is 1. The molecule has 0 aromatic carbocycles. The van der Waals surface area contributed by atoms with Gasteiger partial charge in [-0.2, -0.15) is 0 Å². The third kappa shape index (κ3) is 27.8. The van der Waals surface area contributed by atoms with Crippen molar-refractivity contribution in [1.29, 1.82) is 0 Å². The molecule has 244 valence electrons. The maximum Gasteiger partial charge on any atom is 0.328 e. The van der Waals surface area contributed by atoms with Crippen molar-refractivity contribution < 1.29 is 29.0 Å². The highest BCUT2D eigenvalue weighted by Crippen LogP contribution is 2.12. The molecule has 2 amide bonds. The van der Waals surface area contributed by atoms with E-state index in [4.69, 9.17) is 9.84 Å². The highest BCUT2D eigenvalue weighted by molar-refractivity contribution is 5.95. The van der Waals surface area contributed by atoms with Crippen LogP contribution in [0.15, 0.2) is 12.2 Å². The Labute approximate surface area is 256 Å². The van der Waals surface area contributed by atoms with Crippen LogP contribution in [0, 0.1) is 0 Å². The minimum atomic E-state index is -1.23. The van der Waals surface area contributed by atoms with E-state index in [1.807, 2.05) is 0 Å². The number of hydrogen-bond acceptors (Lipinski definition) is 5. The van der Waals surface area contributed by atoms with Gasteiger partial charge in [0, 0.05) is 25.1 Å². The topological polar surface area (TPSA) is 122 Å². The lowest BCUT2D eigenvalue weighted by Crippen LogP contribution is -2.41. The lowest BCUT2D eigenvalue weighted by atomic mass is 10.1. The van der Waals surface area contributed by atoms with Crippen LogP contribution in [0.4, 0.5) is 0 Å². The van der Waals surface area contributed by atoms with Gasteiger partial charge < -0.3 is 20.5 Å². The number of rotatable bonds is 30. The monoisotopic (exact) mass is 594 g/mol. The van der Waals surface area contributed by atoms with Gasteiger partial charge >= 0.3 is 11.9 Å². The van der Waals surface area contributed by atoms with E-state index < -0.39 is 23.9 Å². The van der Waals surface area contributed by atoms with Crippen LogP contribution in [0.2, 0.25) is 0 Å². The summed E-state index contributed by atoms with van der Waals surface area (Å²) in [5, 5.41) is 14.3. The summed E-state index contributed by atoms with van der Waals surface area (Å²) in [5.74, 6) is -2.33. The molecular weight excluding hydrogens is 532 g/mol. The highest BCUT2D eigenvalue weighted by atomic mass is 16.5. The molecule has 0 heterocycles. The Hall–Kier alpha value is -2.38. The summed E-state index contributed by atoms with van der Waals surface area (Å²) >= 11 is 0. The number of carboxylic acid groups (broad SMARTS) is 1. The molecule has 0 radical (unpaired) electrons. The Morgan fingerprint density at radius 1 is 0.643 bits per heavy atom. The van der Waals surface area contributed by atoms with Gasteiger partial charge in [0.2, 0.25) is 11.8 Å². The smallest absolute Gasteiger partial charge is 0.328 e. The fourth-order valence-corrected chi connectivity index (χ4v) is 4.86. The summed E-state index contributed by atoms with van der Waals surface area (Å²) in [5.41, 5.74) is 0. The SMILES string of the molecule is CCCCCCCCCCCCOC(=O)[C@H](CCCCNC(=O)CCCCCCCCCCC)NC(=O)C=CC(=O)O. The van der Waals surface area contributed by atoms with Crippen LogP contribution >= 0.6 is 0 Å². The lowest BCUT2D eigenvalue weighted by Gasteiger charge is -2.17. The Balaban J connectivity index is 4.18. The van der Waals surface area contributed by atoms with Gasteiger partial charge in [0.05, 0.1) is 6.61 Å². The van der Waals surface area contributed by atoms with Gasteiger partial charge in [-0.15, -0.1) is 0 Å². The van der Waals surface area contributed by atoms with Crippen LogP contribution in [-0.4, -0.2) is 48.1 Å². The maximum atomic E-state index is 12.7. The van der Waals surface area contributed by atoms with Gasteiger partial charge in [-0.3, -0.25) is 9.59 Å². The van der Waals surface area contributed by atoms with Crippen LogP contribution in [0.1, 0.15) is 162 Å². The van der Waals surface area contributed by atoms with Crippen molar-refractivity contribution in [2.75, 3.05) is 13.2 Å². The summed E-state index contributed by atoms with van der Waals surface area (Å²) in [6, 6.07) is -0.850. The molecule has 0 saturated carbocycles. The first-order chi connectivity index (χ1) is 20.4. The molecule has 0 aliphatic rings. The Morgan fingerprint density at radius 2 is 1.14 bits per heavy atom.